The molecule has 0 radical (unpaired) electrons. The summed E-state index contributed by atoms with van der Waals surface area (Å²) in [7, 11) is -3.91. The number of carbonyl (C=O) groups is 1. The molecular formula is C20H20ClFN4O3S. The number of sulfonamides is 1. The molecule has 3 aromatic rings. The van der Waals surface area contributed by atoms with E-state index in [1.54, 1.807) is 11.6 Å². The monoisotopic (exact) mass is 450 g/mol. The molecule has 0 aliphatic heterocycles. The molecule has 1 atom stereocenters. The predicted molar refractivity (Wildman–Crippen MR) is 114 cm³/mol. The van der Waals surface area contributed by atoms with Crippen molar-refractivity contribution in [2.24, 2.45) is 0 Å². The Bertz CT molecular complexity index is 1190. The molecular weight excluding hydrogens is 431 g/mol. The van der Waals surface area contributed by atoms with Gasteiger partial charge in [0.25, 0.3) is 10.0 Å². The lowest BCUT2D eigenvalue weighted by Gasteiger charge is -2.16. The van der Waals surface area contributed by atoms with Crippen molar-refractivity contribution in [2.75, 3.05) is 10.0 Å². The van der Waals surface area contributed by atoms with E-state index in [0.717, 1.165) is 35.7 Å². The molecule has 1 heterocycles. The molecule has 2 aromatic carbocycles. The van der Waals surface area contributed by atoms with Crippen molar-refractivity contribution in [3.05, 3.63) is 70.8 Å². The number of carbonyl (C=O) groups excluding carboxylic acids is 1. The molecule has 2 N–H and O–H groups in total. The van der Waals surface area contributed by atoms with Crippen LogP contribution in [0.2, 0.25) is 5.02 Å². The molecule has 1 amide bonds. The molecule has 1 aromatic heterocycles. The van der Waals surface area contributed by atoms with Crippen molar-refractivity contribution in [3.63, 3.8) is 0 Å². The van der Waals surface area contributed by atoms with Crippen LogP contribution in [0.15, 0.2) is 53.4 Å². The third-order valence-electron chi connectivity index (χ3n) is 4.39. The Hall–Kier alpha value is -2.91. The average Bonchev–Trinajstić information content (AvgIpc) is 3.01. The van der Waals surface area contributed by atoms with E-state index in [2.05, 4.69) is 15.1 Å². The van der Waals surface area contributed by atoms with Gasteiger partial charge in [-0.3, -0.25) is 14.2 Å². The van der Waals surface area contributed by atoms with E-state index in [1.165, 1.54) is 18.2 Å². The number of nitrogens with zero attached hydrogens (tertiary/aromatic N) is 2. The van der Waals surface area contributed by atoms with Gasteiger partial charge in [0.15, 0.2) is 0 Å². The number of halogens is 2. The topological polar surface area (TPSA) is 93.1 Å². The molecule has 0 unspecified atom stereocenters. The maximum absolute atomic E-state index is 13.0. The van der Waals surface area contributed by atoms with Crippen molar-refractivity contribution in [2.45, 2.75) is 31.7 Å². The fourth-order valence-electron chi connectivity index (χ4n) is 2.89. The number of amides is 1. The number of benzene rings is 2. The molecule has 158 valence electrons. The first-order chi connectivity index (χ1) is 14.1. The van der Waals surface area contributed by atoms with E-state index in [4.69, 9.17) is 11.6 Å². The van der Waals surface area contributed by atoms with E-state index in [-0.39, 0.29) is 21.5 Å². The van der Waals surface area contributed by atoms with Gasteiger partial charge in [0.05, 0.1) is 27.0 Å². The van der Waals surface area contributed by atoms with Gasteiger partial charge in [-0.15, -0.1) is 0 Å². The predicted octanol–water partition coefficient (Wildman–Crippen LogP) is 4.29. The highest BCUT2D eigenvalue weighted by Crippen LogP contribution is 2.28. The van der Waals surface area contributed by atoms with Crippen LogP contribution in [-0.2, 0) is 14.8 Å². The second-order valence-electron chi connectivity index (χ2n) is 6.79. The van der Waals surface area contributed by atoms with Crippen molar-refractivity contribution in [1.29, 1.82) is 0 Å². The van der Waals surface area contributed by atoms with Gasteiger partial charge in [0.2, 0.25) is 5.91 Å². The smallest absolute Gasteiger partial charge is 0.261 e. The number of hydrogen-bond acceptors (Lipinski definition) is 4. The van der Waals surface area contributed by atoms with Crippen LogP contribution >= 0.6 is 11.6 Å². The van der Waals surface area contributed by atoms with Gasteiger partial charge in [-0.1, -0.05) is 11.6 Å². The summed E-state index contributed by atoms with van der Waals surface area (Å²) in [5.74, 6) is -0.852. The first-order valence-corrected chi connectivity index (χ1v) is 10.8. The van der Waals surface area contributed by atoms with Crippen LogP contribution in [0.1, 0.15) is 24.4 Å². The second-order valence-corrected chi connectivity index (χ2v) is 8.88. The summed E-state index contributed by atoms with van der Waals surface area (Å²) < 4.78 is 41.8. The van der Waals surface area contributed by atoms with Crippen LogP contribution in [0, 0.1) is 19.7 Å². The first-order valence-electron chi connectivity index (χ1n) is 8.98. The van der Waals surface area contributed by atoms with E-state index in [1.807, 2.05) is 19.9 Å². The molecule has 30 heavy (non-hydrogen) atoms. The Morgan fingerprint density at radius 2 is 1.80 bits per heavy atom. The van der Waals surface area contributed by atoms with Crippen molar-refractivity contribution in [3.8, 4) is 0 Å². The zero-order valence-electron chi connectivity index (χ0n) is 16.5. The molecule has 0 saturated carbocycles. The van der Waals surface area contributed by atoms with Crippen molar-refractivity contribution in [1.82, 2.24) is 9.78 Å². The standard InChI is InChI=1S/C20H20ClFN4O3S/c1-12-10-13(2)26(24-12)14(3)20(27)23-19-9-6-16(11-18(19)21)25-30(28,29)17-7-4-15(22)5-8-17/h4-11,14,25H,1-3H3,(H,23,27)/t14-/m1/s1. The van der Waals surface area contributed by atoms with E-state index in [0.29, 0.717) is 5.69 Å². The van der Waals surface area contributed by atoms with E-state index >= 15 is 0 Å². The van der Waals surface area contributed by atoms with Gasteiger partial charge in [0, 0.05) is 5.69 Å². The van der Waals surface area contributed by atoms with Crippen LogP contribution in [0.3, 0.4) is 0 Å². The summed E-state index contributed by atoms with van der Waals surface area (Å²) in [5.41, 5.74) is 2.20. The quantitative estimate of drug-likeness (QED) is 0.585. The number of aromatic nitrogens is 2. The minimum Gasteiger partial charge on any atom is -0.323 e. The van der Waals surface area contributed by atoms with Crippen molar-refractivity contribution >= 4 is 38.9 Å². The highest BCUT2D eigenvalue weighted by atomic mass is 35.5. The summed E-state index contributed by atoms with van der Waals surface area (Å²) in [6.45, 7) is 5.42. The summed E-state index contributed by atoms with van der Waals surface area (Å²) in [6.07, 6.45) is 0. The highest BCUT2D eigenvalue weighted by Gasteiger charge is 2.20. The number of anilines is 2. The summed E-state index contributed by atoms with van der Waals surface area (Å²) in [5, 5.41) is 7.18. The summed E-state index contributed by atoms with van der Waals surface area (Å²) >= 11 is 6.23. The maximum Gasteiger partial charge on any atom is 0.261 e. The van der Waals surface area contributed by atoms with Crippen LogP contribution in [0.4, 0.5) is 15.8 Å². The largest absolute Gasteiger partial charge is 0.323 e. The van der Waals surface area contributed by atoms with E-state index in [9.17, 15) is 17.6 Å². The maximum atomic E-state index is 13.0. The fourth-order valence-corrected chi connectivity index (χ4v) is 4.17. The number of rotatable bonds is 6. The van der Waals surface area contributed by atoms with Crippen LogP contribution in [0.25, 0.3) is 0 Å². The molecule has 0 spiro atoms. The van der Waals surface area contributed by atoms with Crippen LogP contribution in [-0.4, -0.2) is 24.1 Å². The Labute approximate surface area is 178 Å². The Morgan fingerprint density at radius 3 is 2.37 bits per heavy atom. The molecule has 3 rings (SSSR count). The molecule has 0 aliphatic rings. The van der Waals surface area contributed by atoms with Gasteiger partial charge >= 0.3 is 0 Å². The normalized spacial score (nSPS) is 12.4. The Balaban J connectivity index is 1.74. The molecule has 0 aliphatic carbocycles. The van der Waals surface area contributed by atoms with Gasteiger partial charge in [-0.2, -0.15) is 5.10 Å². The minimum absolute atomic E-state index is 0.0869. The summed E-state index contributed by atoms with van der Waals surface area (Å²) in [4.78, 5) is 12.5. The van der Waals surface area contributed by atoms with Crippen molar-refractivity contribution < 1.29 is 17.6 Å². The lowest BCUT2D eigenvalue weighted by atomic mass is 10.2. The number of hydrogen-bond donors (Lipinski definition) is 2. The number of nitrogens with one attached hydrogen (secondary N) is 2. The van der Waals surface area contributed by atoms with Gasteiger partial charge in [-0.05, 0) is 69.3 Å². The first kappa shape index (κ1) is 21.8. The average molecular weight is 451 g/mol. The summed E-state index contributed by atoms with van der Waals surface area (Å²) in [6, 6.07) is 10.1. The SMILES string of the molecule is Cc1cc(C)n([C@H](C)C(=O)Nc2ccc(NS(=O)(=O)c3ccc(F)cc3)cc2Cl)n1. The third-order valence-corrected chi connectivity index (χ3v) is 6.10. The lowest BCUT2D eigenvalue weighted by Crippen LogP contribution is -2.25. The van der Waals surface area contributed by atoms with Crippen LogP contribution < -0.4 is 10.0 Å². The lowest BCUT2D eigenvalue weighted by molar-refractivity contribution is -0.119. The second kappa shape index (κ2) is 8.45. The molecule has 7 nitrogen and oxygen atoms in total. The third kappa shape index (κ3) is 4.80. The molecule has 10 heteroatoms. The molecule has 0 saturated heterocycles. The molecule has 0 bridgehead atoms. The van der Waals surface area contributed by atoms with Gasteiger partial charge in [-0.25, -0.2) is 12.8 Å². The Morgan fingerprint density at radius 1 is 1.13 bits per heavy atom. The zero-order chi connectivity index (χ0) is 22.1. The van der Waals surface area contributed by atoms with Crippen LogP contribution in [0.5, 0.6) is 0 Å². The minimum atomic E-state index is -3.91. The zero-order valence-corrected chi connectivity index (χ0v) is 18.1. The Kier molecular flexibility index (Phi) is 6.14. The molecule has 0 fully saturated rings. The highest BCUT2D eigenvalue weighted by molar-refractivity contribution is 7.92. The van der Waals surface area contributed by atoms with E-state index < -0.39 is 21.9 Å². The van der Waals surface area contributed by atoms with Gasteiger partial charge in [0.1, 0.15) is 11.9 Å². The fraction of sp³-hybridized carbons (Fsp3) is 0.200. The van der Waals surface area contributed by atoms with Gasteiger partial charge < -0.3 is 5.32 Å². The number of aryl methyl sites for hydroxylation is 2.